The molecular formula is C5H7N3OZn. The Morgan fingerprint density at radius 2 is 2.40 bits per heavy atom. The third kappa shape index (κ3) is 2.27. The molecule has 10 heavy (non-hydrogen) atoms. The molecule has 0 aliphatic rings. The van der Waals surface area contributed by atoms with Gasteiger partial charge in [0.25, 0.3) is 0 Å². The average molecular weight is 191 g/mol. The molecule has 0 amide bonds. The smallest absolute Gasteiger partial charge is 0.346 e. The summed E-state index contributed by atoms with van der Waals surface area (Å²) < 4.78 is 0. The topological polar surface area (TPSA) is 57.8 Å². The summed E-state index contributed by atoms with van der Waals surface area (Å²) in [5.74, 6) is 0.676. The molecule has 0 fully saturated rings. The number of rotatable bonds is 1. The van der Waals surface area contributed by atoms with Gasteiger partial charge in [-0.25, -0.2) is 9.78 Å². The van der Waals surface area contributed by atoms with E-state index in [1.807, 2.05) is 0 Å². The summed E-state index contributed by atoms with van der Waals surface area (Å²) in [4.78, 5) is 16.4. The zero-order valence-corrected chi connectivity index (χ0v) is 8.68. The van der Waals surface area contributed by atoms with Crippen LogP contribution in [0.2, 0.25) is 0 Å². The van der Waals surface area contributed by atoms with Gasteiger partial charge in [-0.1, -0.05) is 0 Å². The van der Waals surface area contributed by atoms with Crippen LogP contribution in [-0.4, -0.2) is 17.0 Å². The Labute approximate surface area is 70.8 Å². The molecule has 50 valence electrons. The summed E-state index contributed by atoms with van der Waals surface area (Å²) in [6, 6.07) is 1.68. The number of nitrogens with zero attached hydrogens (tertiary/aromatic N) is 1. The monoisotopic (exact) mass is 189 g/mol. The van der Waals surface area contributed by atoms with Gasteiger partial charge < -0.3 is 5.32 Å². The summed E-state index contributed by atoms with van der Waals surface area (Å²) in [6.45, 7) is 0. The number of nitrogens with one attached hydrogen (secondary N) is 2. The minimum Gasteiger partial charge on any atom is -0.375 e. The molecule has 0 bridgehead atoms. The molecule has 0 radical (unpaired) electrons. The van der Waals surface area contributed by atoms with Crippen LogP contribution in [0, 0.1) is 0 Å². The molecular weight excluding hydrogens is 183 g/mol. The van der Waals surface area contributed by atoms with Gasteiger partial charge in [0, 0.05) is 32.7 Å². The van der Waals surface area contributed by atoms with Crippen molar-refractivity contribution in [2.75, 3.05) is 12.4 Å². The van der Waals surface area contributed by atoms with Crippen LogP contribution in [0.15, 0.2) is 17.1 Å². The van der Waals surface area contributed by atoms with Gasteiger partial charge in [-0.05, 0) is 6.07 Å². The summed E-state index contributed by atoms with van der Waals surface area (Å²) in [6.07, 6.45) is 1.45. The van der Waals surface area contributed by atoms with E-state index in [0.29, 0.717) is 5.82 Å². The molecule has 1 heterocycles. The number of aromatic nitrogens is 2. The number of aromatic amines is 1. The molecule has 0 atom stereocenters. The molecule has 4 nitrogen and oxygen atoms in total. The van der Waals surface area contributed by atoms with Gasteiger partial charge in [0.15, 0.2) is 0 Å². The number of anilines is 1. The predicted octanol–water partition coefficient (Wildman–Crippen LogP) is -0.191. The maximum Gasteiger partial charge on any atom is 0.346 e. The van der Waals surface area contributed by atoms with Crippen molar-refractivity contribution in [3.8, 4) is 0 Å². The molecule has 0 saturated carbocycles. The largest absolute Gasteiger partial charge is 0.375 e. The summed E-state index contributed by atoms with van der Waals surface area (Å²) in [5, 5.41) is 2.77. The standard InChI is InChI=1S/C5H7N3O.Zn/c1-6-4-2-3-7-5(9)8-4;/h2-3H,1H3,(H2,6,7,8,9);. The third-order valence-electron chi connectivity index (χ3n) is 0.944. The van der Waals surface area contributed by atoms with Crippen LogP contribution in [0.3, 0.4) is 0 Å². The Bertz CT molecular complexity index is 247. The van der Waals surface area contributed by atoms with Gasteiger partial charge in [0.2, 0.25) is 0 Å². The second-order valence-corrected chi connectivity index (χ2v) is 1.54. The van der Waals surface area contributed by atoms with E-state index in [0.717, 1.165) is 0 Å². The van der Waals surface area contributed by atoms with E-state index in [4.69, 9.17) is 0 Å². The van der Waals surface area contributed by atoms with E-state index in [9.17, 15) is 4.79 Å². The molecule has 0 unspecified atom stereocenters. The van der Waals surface area contributed by atoms with Crippen LogP contribution in [0.5, 0.6) is 0 Å². The molecule has 0 aliphatic heterocycles. The number of H-pyrrole nitrogens is 1. The van der Waals surface area contributed by atoms with Crippen LogP contribution < -0.4 is 11.0 Å². The molecule has 1 rings (SSSR count). The van der Waals surface area contributed by atoms with Crippen molar-refractivity contribution in [1.29, 1.82) is 0 Å². The van der Waals surface area contributed by atoms with Crippen molar-refractivity contribution in [2.45, 2.75) is 0 Å². The summed E-state index contributed by atoms with van der Waals surface area (Å²) >= 11 is 0. The first kappa shape index (κ1) is 9.30. The van der Waals surface area contributed by atoms with E-state index in [1.54, 1.807) is 13.1 Å². The van der Waals surface area contributed by atoms with E-state index in [-0.39, 0.29) is 25.2 Å². The van der Waals surface area contributed by atoms with Gasteiger partial charge in [0.1, 0.15) is 5.82 Å². The number of hydrogen-bond donors (Lipinski definition) is 2. The third-order valence-corrected chi connectivity index (χ3v) is 0.944. The molecule has 2 N–H and O–H groups in total. The van der Waals surface area contributed by atoms with Crippen LogP contribution in [0.4, 0.5) is 5.82 Å². The molecule has 0 aromatic carbocycles. The summed E-state index contributed by atoms with van der Waals surface area (Å²) in [5.41, 5.74) is -0.332. The normalized spacial score (nSPS) is 8.10. The van der Waals surface area contributed by atoms with Crippen LogP contribution in [0.1, 0.15) is 0 Å². The van der Waals surface area contributed by atoms with E-state index in [1.165, 1.54) is 6.20 Å². The molecule has 1 aromatic rings. The van der Waals surface area contributed by atoms with Gasteiger partial charge >= 0.3 is 5.69 Å². The van der Waals surface area contributed by atoms with Gasteiger partial charge in [-0.2, -0.15) is 0 Å². The minimum absolute atomic E-state index is 0. The first-order valence-corrected chi connectivity index (χ1v) is 2.56. The fraction of sp³-hybridized carbons (Fsp3) is 0.200. The van der Waals surface area contributed by atoms with Crippen LogP contribution in [0.25, 0.3) is 0 Å². The maximum absolute atomic E-state index is 10.4. The molecule has 0 aliphatic carbocycles. The SMILES string of the molecule is CNc1ccnc(=O)[nH]1.[Zn]. The predicted molar refractivity (Wildman–Crippen MR) is 34.4 cm³/mol. The van der Waals surface area contributed by atoms with Crippen molar-refractivity contribution < 1.29 is 19.5 Å². The average Bonchev–Trinajstić information content (AvgIpc) is 1.88. The van der Waals surface area contributed by atoms with Crippen molar-refractivity contribution in [3.05, 3.63) is 22.7 Å². The van der Waals surface area contributed by atoms with E-state index >= 15 is 0 Å². The Balaban J connectivity index is 0.000000810. The zero-order chi connectivity index (χ0) is 6.69. The second-order valence-electron chi connectivity index (χ2n) is 1.54. The molecule has 1 aromatic heterocycles. The zero-order valence-electron chi connectivity index (χ0n) is 5.72. The Kier molecular flexibility index (Phi) is 3.88. The van der Waals surface area contributed by atoms with Crippen molar-refractivity contribution >= 4 is 5.82 Å². The number of hydrogen-bond acceptors (Lipinski definition) is 3. The Morgan fingerprint density at radius 3 is 2.80 bits per heavy atom. The van der Waals surface area contributed by atoms with Gasteiger partial charge in [-0.15, -0.1) is 0 Å². The molecule has 0 saturated heterocycles. The van der Waals surface area contributed by atoms with Gasteiger partial charge in [-0.3, -0.25) is 4.98 Å². The molecule has 5 heteroatoms. The summed E-state index contributed by atoms with van der Waals surface area (Å²) in [7, 11) is 1.73. The maximum atomic E-state index is 10.4. The van der Waals surface area contributed by atoms with Gasteiger partial charge in [0.05, 0.1) is 0 Å². The van der Waals surface area contributed by atoms with Crippen LogP contribution >= 0.6 is 0 Å². The van der Waals surface area contributed by atoms with Crippen molar-refractivity contribution in [3.63, 3.8) is 0 Å². The van der Waals surface area contributed by atoms with Crippen LogP contribution in [-0.2, 0) is 19.5 Å². The van der Waals surface area contributed by atoms with Crippen molar-refractivity contribution in [2.24, 2.45) is 0 Å². The first-order valence-electron chi connectivity index (χ1n) is 2.56. The quantitative estimate of drug-likeness (QED) is 0.604. The van der Waals surface area contributed by atoms with Crippen molar-refractivity contribution in [1.82, 2.24) is 9.97 Å². The second kappa shape index (κ2) is 4.17. The molecule has 0 spiro atoms. The first-order chi connectivity index (χ1) is 4.33. The fourth-order valence-corrected chi connectivity index (χ4v) is 0.514. The van der Waals surface area contributed by atoms with E-state index in [2.05, 4.69) is 15.3 Å². The Hall–Kier alpha value is -0.697. The minimum atomic E-state index is -0.332. The van der Waals surface area contributed by atoms with E-state index < -0.39 is 0 Å². The fourth-order valence-electron chi connectivity index (χ4n) is 0.514. The Morgan fingerprint density at radius 1 is 1.70 bits per heavy atom.